The second kappa shape index (κ2) is 7.17. The van der Waals surface area contributed by atoms with Gasteiger partial charge in [-0.15, -0.1) is 0 Å². The van der Waals surface area contributed by atoms with Crippen molar-refractivity contribution in [3.8, 4) is 11.5 Å². The molecular formula is C20H25NO5. The van der Waals surface area contributed by atoms with Crippen LogP contribution in [0.2, 0.25) is 0 Å². The van der Waals surface area contributed by atoms with E-state index in [0.717, 1.165) is 49.3 Å². The summed E-state index contributed by atoms with van der Waals surface area (Å²) in [7, 11) is 0. The fourth-order valence-electron chi connectivity index (χ4n) is 4.59. The molecule has 6 heteroatoms. The highest BCUT2D eigenvalue weighted by Crippen LogP contribution is 2.44. The third-order valence-electron chi connectivity index (χ3n) is 5.86. The number of carboxylic acid groups (broad SMARTS) is 1. The summed E-state index contributed by atoms with van der Waals surface area (Å²) in [4.78, 5) is 26.5. The topological polar surface area (TPSA) is 76.1 Å². The van der Waals surface area contributed by atoms with Crippen LogP contribution in [0, 0.1) is 11.8 Å². The van der Waals surface area contributed by atoms with Crippen LogP contribution < -0.4 is 9.47 Å². The molecule has 0 aromatic heterocycles. The highest BCUT2D eigenvalue weighted by atomic mass is 16.6. The van der Waals surface area contributed by atoms with Gasteiger partial charge in [0.2, 0.25) is 5.91 Å². The van der Waals surface area contributed by atoms with Crippen molar-refractivity contribution in [3.63, 3.8) is 0 Å². The van der Waals surface area contributed by atoms with Crippen LogP contribution in [0.4, 0.5) is 0 Å². The van der Waals surface area contributed by atoms with Crippen LogP contribution in [0.25, 0.3) is 0 Å². The van der Waals surface area contributed by atoms with Crippen LogP contribution in [0.15, 0.2) is 18.2 Å². The third kappa shape index (κ3) is 3.13. The Labute approximate surface area is 153 Å². The Morgan fingerprint density at radius 2 is 1.85 bits per heavy atom. The Hall–Kier alpha value is -2.24. The summed E-state index contributed by atoms with van der Waals surface area (Å²) in [5, 5.41) is 9.31. The van der Waals surface area contributed by atoms with Crippen molar-refractivity contribution in [2.75, 3.05) is 19.8 Å². The van der Waals surface area contributed by atoms with E-state index in [0.29, 0.717) is 26.1 Å². The molecule has 0 bridgehead atoms. The lowest BCUT2D eigenvalue weighted by Gasteiger charge is -2.33. The molecule has 1 aliphatic carbocycles. The Kier molecular flexibility index (Phi) is 4.74. The van der Waals surface area contributed by atoms with Crippen LogP contribution in [-0.2, 0) is 9.59 Å². The quantitative estimate of drug-likeness (QED) is 0.898. The molecule has 140 valence electrons. The second-order valence-electron chi connectivity index (χ2n) is 7.46. The summed E-state index contributed by atoms with van der Waals surface area (Å²) in [5.41, 5.74) is 1.01. The smallest absolute Gasteiger partial charge is 0.306 e. The van der Waals surface area contributed by atoms with E-state index in [1.807, 2.05) is 23.1 Å². The lowest BCUT2D eigenvalue weighted by atomic mass is 9.80. The first kappa shape index (κ1) is 17.2. The third-order valence-corrected chi connectivity index (χ3v) is 5.86. The van der Waals surface area contributed by atoms with Gasteiger partial charge < -0.3 is 19.5 Å². The molecule has 26 heavy (non-hydrogen) atoms. The zero-order valence-electron chi connectivity index (χ0n) is 14.9. The van der Waals surface area contributed by atoms with Crippen LogP contribution in [0.1, 0.15) is 50.1 Å². The average molecular weight is 359 g/mol. The van der Waals surface area contributed by atoms with Crippen molar-refractivity contribution in [1.29, 1.82) is 0 Å². The number of ether oxygens (including phenoxy) is 2. The molecule has 1 saturated carbocycles. The molecule has 0 spiro atoms. The van der Waals surface area contributed by atoms with Crippen molar-refractivity contribution in [2.45, 2.75) is 44.6 Å². The van der Waals surface area contributed by atoms with Gasteiger partial charge in [0, 0.05) is 18.0 Å². The van der Waals surface area contributed by atoms with Crippen molar-refractivity contribution in [3.05, 3.63) is 23.8 Å². The minimum Gasteiger partial charge on any atom is -0.486 e. The molecule has 3 unspecified atom stereocenters. The number of hydrogen-bond acceptors (Lipinski definition) is 4. The number of carboxylic acids is 1. The van der Waals surface area contributed by atoms with Gasteiger partial charge in [0.05, 0.1) is 12.0 Å². The molecule has 1 N–H and O–H groups in total. The van der Waals surface area contributed by atoms with Gasteiger partial charge in [-0.1, -0.05) is 18.6 Å². The van der Waals surface area contributed by atoms with Gasteiger partial charge in [-0.3, -0.25) is 9.59 Å². The van der Waals surface area contributed by atoms with E-state index in [9.17, 15) is 14.7 Å². The largest absolute Gasteiger partial charge is 0.486 e. The maximum atomic E-state index is 13.2. The maximum Gasteiger partial charge on any atom is 0.306 e. The highest BCUT2D eigenvalue weighted by molar-refractivity contribution is 5.81. The van der Waals surface area contributed by atoms with Crippen LogP contribution in [0.3, 0.4) is 0 Å². The number of benzene rings is 1. The van der Waals surface area contributed by atoms with Crippen LogP contribution in [0.5, 0.6) is 11.5 Å². The first-order valence-corrected chi connectivity index (χ1v) is 9.57. The molecule has 1 saturated heterocycles. The lowest BCUT2D eigenvalue weighted by Crippen LogP contribution is -2.39. The zero-order chi connectivity index (χ0) is 18.1. The Morgan fingerprint density at radius 1 is 1.04 bits per heavy atom. The molecule has 1 aromatic rings. The predicted octanol–water partition coefficient (Wildman–Crippen LogP) is 3.01. The molecule has 2 aliphatic heterocycles. The number of carbonyl (C=O) groups excluding carboxylic acids is 1. The molecular weight excluding hydrogens is 334 g/mol. The standard InChI is InChI=1S/C20H25NO5/c22-19(13-4-1-5-14(12-13)20(23)24)21-9-3-7-16(21)15-6-2-8-17-18(15)26-11-10-25-17/h2,6,8,13-14,16H,1,3-5,7,9-12H2,(H,23,24). The molecule has 4 rings (SSSR count). The number of fused-ring (bicyclic) bond motifs is 1. The van der Waals surface area contributed by atoms with Crippen molar-refractivity contribution in [1.82, 2.24) is 4.90 Å². The first-order valence-electron chi connectivity index (χ1n) is 9.57. The molecule has 6 nitrogen and oxygen atoms in total. The minimum absolute atomic E-state index is 0.00986. The van der Waals surface area contributed by atoms with Gasteiger partial charge >= 0.3 is 5.97 Å². The van der Waals surface area contributed by atoms with E-state index in [-0.39, 0.29) is 23.8 Å². The second-order valence-corrected chi connectivity index (χ2v) is 7.46. The first-order chi connectivity index (χ1) is 12.6. The monoisotopic (exact) mass is 359 g/mol. The summed E-state index contributed by atoms with van der Waals surface area (Å²) in [6, 6.07) is 5.86. The number of para-hydroxylation sites is 1. The molecule has 3 atom stereocenters. The van der Waals surface area contributed by atoms with E-state index in [1.54, 1.807) is 0 Å². The van der Waals surface area contributed by atoms with Gasteiger partial charge in [-0.2, -0.15) is 0 Å². The molecule has 1 aromatic carbocycles. The number of likely N-dealkylation sites (tertiary alicyclic amines) is 1. The van der Waals surface area contributed by atoms with Crippen LogP contribution >= 0.6 is 0 Å². The Morgan fingerprint density at radius 3 is 2.69 bits per heavy atom. The number of carbonyl (C=O) groups is 2. The predicted molar refractivity (Wildman–Crippen MR) is 94.2 cm³/mol. The van der Waals surface area contributed by atoms with Crippen molar-refractivity contribution >= 4 is 11.9 Å². The number of nitrogens with zero attached hydrogens (tertiary/aromatic N) is 1. The minimum atomic E-state index is -0.775. The van der Waals surface area contributed by atoms with E-state index in [2.05, 4.69) is 0 Å². The number of rotatable bonds is 3. The molecule has 0 radical (unpaired) electrons. The summed E-state index contributed by atoms with van der Waals surface area (Å²) >= 11 is 0. The zero-order valence-corrected chi connectivity index (χ0v) is 14.9. The number of hydrogen-bond donors (Lipinski definition) is 1. The summed E-state index contributed by atoms with van der Waals surface area (Å²) in [6.45, 7) is 1.79. The summed E-state index contributed by atoms with van der Waals surface area (Å²) < 4.78 is 11.5. The maximum absolute atomic E-state index is 13.2. The van der Waals surface area contributed by atoms with Gasteiger partial charge in [0.25, 0.3) is 0 Å². The SMILES string of the molecule is O=C(O)C1CCCC(C(=O)N2CCCC2c2cccc3c2OCCO3)C1. The van der Waals surface area contributed by atoms with E-state index < -0.39 is 5.97 Å². The molecule has 2 fully saturated rings. The number of amides is 1. The average Bonchev–Trinajstić information content (AvgIpc) is 3.16. The summed E-state index contributed by atoms with van der Waals surface area (Å²) in [5.74, 6) is 0.269. The van der Waals surface area contributed by atoms with Gasteiger partial charge in [0.1, 0.15) is 13.2 Å². The fraction of sp³-hybridized carbons (Fsp3) is 0.600. The molecule has 1 amide bonds. The van der Waals surface area contributed by atoms with Crippen molar-refractivity contribution < 1.29 is 24.2 Å². The van der Waals surface area contributed by atoms with E-state index in [1.165, 1.54) is 0 Å². The molecule has 2 heterocycles. The van der Waals surface area contributed by atoms with Crippen LogP contribution in [-0.4, -0.2) is 41.6 Å². The van der Waals surface area contributed by atoms with Gasteiger partial charge in [0.15, 0.2) is 11.5 Å². The van der Waals surface area contributed by atoms with Crippen molar-refractivity contribution in [2.24, 2.45) is 11.8 Å². The Balaban J connectivity index is 1.55. The lowest BCUT2D eigenvalue weighted by molar-refractivity contribution is -0.145. The Bertz CT molecular complexity index is 703. The van der Waals surface area contributed by atoms with E-state index >= 15 is 0 Å². The van der Waals surface area contributed by atoms with Gasteiger partial charge in [-0.05, 0) is 38.2 Å². The fourth-order valence-corrected chi connectivity index (χ4v) is 4.59. The number of aliphatic carboxylic acids is 1. The molecule has 3 aliphatic rings. The normalized spacial score (nSPS) is 28.0. The summed E-state index contributed by atoms with van der Waals surface area (Å²) in [6.07, 6.45) is 4.60. The van der Waals surface area contributed by atoms with Gasteiger partial charge in [-0.25, -0.2) is 0 Å². The van der Waals surface area contributed by atoms with E-state index in [4.69, 9.17) is 9.47 Å². The highest BCUT2D eigenvalue weighted by Gasteiger charge is 2.39.